The average Bonchev–Trinajstić information content (AvgIpc) is 2.68. The third-order valence-electron chi connectivity index (χ3n) is 3.75. The minimum absolute atomic E-state index is 0.134. The molecule has 1 heterocycles. The van der Waals surface area contributed by atoms with Crippen LogP contribution in [0.2, 0.25) is 0 Å². The monoisotopic (exact) mass is 231 g/mol. The number of fused-ring (bicyclic) bond motifs is 1. The van der Waals surface area contributed by atoms with Crippen molar-refractivity contribution < 1.29 is 9.53 Å². The summed E-state index contributed by atoms with van der Waals surface area (Å²) in [4.78, 5) is 13.8. The van der Waals surface area contributed by atoms with Gasteiger partial charge in [-0.25, -0.2) is 4.79 Å². The molecule has 1 amide bonds. The maximum Gasteiger partial charge on any atom is 0.410 e. The van der Waals surface area contributed by atoms with Crippen LogP contribution in [0.5, 0.6) is 0 Å². The maximum atomic E-state index is 11.8. The normalized spacial score (nSPS) is 27.8. The Morgan fingerprint density at radius 1 is 1.18 bits per heavy atom. The van der Waals surface area contributed by atoms with Gasteiger partial charge in [0.1, 0.15) is 6.10 Å². The fraction of sp³-hybridized carbons (Fsp3) is 0.500. The summed E-state index contributed by atoms with van der Waals surface area (Å²) in [5, 5.41) is 0. The van der Waals surface area contributed by atoms with Gasteiger partial charge in [-0.15, -0.1) is 0 Å². The van der Waals surface area contributed by atoms with Crippen molar-refractivity contribution in [2.75, 3.05) is 0 Å². The molecule has 90 valence electrons. The van der Waals surface area contributed by atoms with Crippen LogP contribution in [0.15, 0.2) is 30.3 Å². The number of carbonyl (C=O) groups excluding carboxylic acids is 1. The number of hydrogen-bond acceptors (Lipinski definition) is 2. The Kier molecular flexibility index (Phi) is 2.75. The standard InChI is InChI=1S/C14H17NO2/c16-14-15(10-11-6-2-1-3-7-11)12-8-4-5-9-13(12)17-14/h1-3,6-7,12-13H,4-5,8-10H2/t12-,13-/m0/s1. The highest BCUT2D eigenvalue weighted by Crippen LogP contribution is 2.32. The van der Waals surface area contributed by atoms with Crippen LogP contribution >= 0.6 is 0 Å². The first-order valence-corrected chi connectivity index (χ1v) is 6.36. The molecule has 2 aliphatic rings. The Morgan fingerprint density at radius 3 is 2.76 bits per heavy atom. The predicted molar refractivity (Wildman–Crippen MR) is 64.5 cm³/mol. The van der Waals surface area contributed by atoms with Crippen molar-refractivity contribution in [1.82, 2.24) is 4.90 Å². The van der Waals surface area contributed by atoms with Crippen LogP contribution in [0, 0.1) is 0 Å². The van der Waals surface area contributed by atoms with Crippen molar-refractivity contribution in [1.29, 1.82) is 0 Å². The summed E-state index contributed by atoms with van der Waals surface area (Å²) >= 11 is 0. The molecule has 3 rings (SSSR count). The van der Waals surface area contributed by atoms with Gasteiger partial charge in [0.15, 0.2) is 0 Å². The molecule has 0 aromatic heterocycles. The first-order chi connectivity index (χ1) is 8.34. The van der Waals surface area contributed by atoms with Crippen molar-refractivity contribution in [3.63, 3.8) is 0 Å². The fourth-order valence-electron chi connectivity index (χ4n) is 2.87. The Labute approximate surface area is 101 Å². The van der Waals surface area contributed by atoms with Crippen molar-refractivity contribution in [3.8, 4) is 0 Å². The van der Waals surface area contributed by atoms with Crippen LogP contribution < -0.4 is 0 Å². The van der Waals surface area contributed by atoms with Crippen LogP contribution in [-0.2, 0) is 11.3 Å². The van der Waals surface area contributed by atoms with Crippen molar-refractivity contribution in [3.05, 3.63) is 35.9 Å². The number of rotatable bonds is 2. The van der Waals surface area contributed by atoms with Gasteiger partial charge >= 0.3 is 6.09 Å². The molecule has 1 aliphatic carbocycles. The van der Waals surface area contributed by atoms with Gasteiger partial charge in [0.25, 0.3) is 0 Å². The fourth-order valence-corrected chi connectivity index (χ4v) is 2.87. The van der Waals surface area contributed by atoms with E-state index in [2.05, 4.69) is 12.1 Å². The summed E-state index contributed by atoms with van der Waals surface area (Å²) in [5.74, 6) is 0. The minimum atomic E-state index is -0.134. The van der Waals surface area contributed by atoms with Crippen LogP contribution in [-0.4, -0.2) is 23.1 Å². The molecular formula is C14H17NO2. The van der Waals surface area contributed by atoms with Gasteiger partial charge in [-0.1, -0.05) is 36.8 Å². The van der Waals surface area contributed by atoms with Gasteiger partial charge in [-0.2, -0.15) is 0 Å². The number of benzene rings is 1. The van der Waals surface area contributed by atoms with E-state index in [4.69, 9.17) is 4.74 Å². The largest absolute Gasteiger partial charge is 0.444 e. The number of amides is 1. The number of ether oxygens (including phenoxy) is 1. The molecule has 2 atom stereocenters. The van der Waals surface area contributed by atoms with E-state index in [0.29, 0.717) is 12.6 Å². The Bertz CT molecular complexity index is 404. The van der Waals surface area contributed by atoms with Crippen LogP contribution in [0.1, 0.15) is 31.2 Å². The third-order valence-corrected chi connectivity index (χ3v) is 3.75. The second kappa shape index (κ2) is 4.40. The zero-order chi connectivity index (χ0) is 11.7. The molecular weight excluding hydrogens is 214 g/mol. The first-order valence-electron chi connectivity index (χ1n) is 6.36. The number of carbonyl (C=O) groups is 1. The zero-order valence-corrected chi connectivity index (χ0v) is 9.84. The Hall–Kier alpha value is -1.51. The van der Waals surface area contributed by atoms with E-state index in [1.54, 1.807) is 0 Å². The van der Waals surface area contributed by atoms with Crippen LogP contribution in [0.25, 0.3) is 0 Å². The Balaban J connectivity index is 1.76. The molecule has 0 bridgehead atoms. The van der Waals surface area contributed by atoms with Gasteiger partial charge in [0.05, 0.1) is 6.04 Å². The van der Waals surface area contributed by atoms with Gasteiger partial charge in [-0.05, 0) is 24.8 Å². The molecule has 1 saturated carbocycles. The lowest BCUT2D eigenvalue weighted by Crippen LogP contribution is -2.37. The maximum absolute atomic E-state index is 11.8. The number of hydrogen-bond donors (Lipinski definition) is 0. The minimum Gasteiger partial charge on any atom is -0.444 e. The molecule has 1 aromatic carbocycles. The first kappa shape index (κ1) is 10.6. The summed E-state index contributed by atoms with van der Waals surface area (Å²) in [6, 6.07) is 10.4. The van der Waals surface area contributed by atoms with E-state index in [9.17, 15) is 4.79 Å². The van der Waals surface area contributed by atoms with E-state index in [-0.39, 0.29) is 12.2 Å². The van der Waals surface area contributed by atoms with Crippen LogP contribution in [0.3, 0.4) is 0 Å². The van der Waals surface area contributed by atoms with Gasteiger partial charge in [0, 0.05) is 6.54 Å². The van der Waals surface area contributed by atoms with E-state index in [1.807, 2.05) is 23.1 Å². The lowest BCUT2D eigenvalue weighted by atomic mass is 9.92. The van der Waals surface area contributed by atoms with Gasteiger partial charge in [0.2, 0.25) is 0 Å². The second-order valence-electron chi connectivity index (χ2n) is 4.89. The highest BCUT2D eigenvalue weighted by Gasteiger charge is 2.42. The molecule has 0 N–H and O–H groups in total. The summed E-state index contributed by atoms with van der Waals surface area (Å²) in [6.07, 6.45) is 4.52. The molecule has 1 aromatic rings. The van der Waals surface area contributed by atoms with Crippen molar-refractivity contribution >= 4 is 6.09 Å². The highest BCUT2D eigenvalue weighted by atomic mass is 16.6. The van der Waals surface area contributed by atoms with E-state index in [1.165, 1.54) is 18.4 Å². The Morgan fingerprint density at radius 2 is 1.94 bits per heavy atom. The zero-order valence-electron chi connectivity index (χ0n) is 9.84. The molecule has 2 fully saturated rings. The van der Waals surface area contributed by atoms with Gasteiger partial charge < -0.3 is 4.74 Å². The van der Waals surface area contributed by atoms with E-state index >= 15 is 0 Å². The van der Waals surface area contributed by atoms with Gasteiger partial charge in [-0.3, -0.25) is 4.90 Å². The van der Waals surface area contributed by atoms with Crippen molar-refractivity contribution in [2.45, 2.75) is 44.4 Å². The van der Waals surface area contributed by atoms with Crippen molar-refractivity contribution in [2.24, 2.45) is 0 Å². The molecule has 3 heteroatoms. The lowest BCUT2D eigenvalue weighted by molar-refractivity contribution is 0.113. The average molecular weight is 231 g/mol. The third kappa shape index (κ3) is 2.02. The summed E-state index contributed by atoms with van der Waals surface area (Å²) in [6.45, 7) is 0.681. The molecule has 0 radical (unpaired) electrons. The lowest BCUT2D eigenvalue weighted by Gasteiger charge is -2.28. The molecule has 17 heavy (non-hydrogen) atoms. The number of nitrogens with zero attached hydrogens (tertiary/aromatic N) is 1. The topological polar surface area (TPSA) is 29.5 Å². The molecule has 0 unspecified atom stereocenters. The van der Waals surface area contributed by atoms with Crippen LogP contribution in [0.4, 0.5) is 4.79 Å². The summed E-state index contributed by atoms with van der Waals surface area (Å²) in [7, 11) is 0. The predicted octanol–water partition coefficient (Wildman–Crippen LogP) is 2.95. The molecule has 3 nitrogen and oxygen atoms in total. The SMILES string of the molecule is O=C1O[C@H]2CCCC[C@@H]2N1Cc1ccccc1. The summed E-state index contributed by atoms with van der Waals surface area (Å²) < 4.78 is 5.44. The second-order valence-corrected chi connectivity index (χ2v) is 4.89. The smallest absolute Gasteiger partial charge is 0.410 e. The molecule has 1 aliphatic heterocycles. The summed E-state index contributed by atoms with van der Waals surface area (Å²) in [5.41, 5.74) is 1.18. The highest BCUT2D eigenvalue weighted by molar-refractivity contribution is 5.70. The molecule has 0 spiro atoms. The van der Waals surface area contributed by atoms with E-state index < -0.39 is 0 Å². The quantitative estimate of drug-likeness (QED) is 0.783. The molecule has 1 saturated heterocycles. The van der Waals surface area contributed by atoms with E-state index in [0.717, 1.165) is 12.8 Å².